The molecule has 0 fully saturated rings. The molecule has 1 aliphatic heterocycles. The van der Waals surface area contributed by atoms with Crippen LogP contribution in [0.4, 0.5) is 0 Å². The second-order valence-electron chi connectivity index (χ2n) is 5.05. The summed E-state index contributed by atoms with van der Waals surface area (Å²) in [7, 11) is 0. The minimum Gasteiger partial charge on any atom is -0.490 e. The zero-order valence-electron chi connectivity index (χ0n) is 11.4. The molecule has 0 saturated carbocycles. The molecule has 20 heavy (non-hydrogen) atoms. The second-order valence-corrected chi connectivity index (χ2v) is 5.05. The first-order valence-electron chi connectivity index (χ1n) is 7.02. The summed E-state index contributed by atoms with van der Waals surface area (Å²) < 4.78 is 11.3. The quantitative estimate of drug-likeness (QED) is 0.931. The fraction of sp³-hybridized carbons (Fsp3) is 0.294. The van der Waals surface area contributed by atoms with Crippen LogP contribution in [0.3, 0.4) is 0 Å². The van der Waals surface area contributed by atoms with Crippen molar-refractivity contribution in [2.75, 3.05) is 13.2 Å². The van der Waals surface area contributed by atoms with Crippen molar-refractivity contribution in [3.05, 3.63) is 59.7 Å². The van der Waals surface area contributed by atoms with E-state index in [9.17, 15) is 0 Å². The van der Waals surface area contributed by atoms with Gasteiger partial charge in [-0.15, -0.1) is 0 Å². The number of hydrogen-bond donors (Lipinski definition) is 1. The van der Waals surface area contributed by atoms with Crippen LogP contribution in [0.1, 0.15) is 23.6 Å². The highest BCUT2D eigenvalue weighted by Gasteiger charge is 2.14. The Hall–Kier alpha value is -2.00. The lowest BCUT2D eigenvalue weighted by molar-refractivity contribution is 0.297. The number of ether oxygens (including phenoxy) is 2. The Morgan fingerprint density at radius 2 is 1.70 bits per heavy atom. The number of fused-ring (bicyclic) bond motifs is 1. The van der Waals surface area contributed by atoms with Gasteiger partial charge in [0.2, 0.25) is 0 Å². The van der Waals surface area contributed by atoms with Crippen LogP contribution in [0.15, 0.2) is 48.5 Å². The Balaban J connectivity index is 1.78. The molecule has 0 bridgehead atoms. The van der Waals surface area contributed by atoms with Crippen LogP contribution in [-0.2, 0) is 6.42 Å². The third-order valence-electron chi connectivity index (χ3n) is 3.50. The Labute approximate surface area is 119 Å². The molecule has 0 radical (unpaired) electrons. The summed E-state index contributed by atoms with van der Waals surface area (Å²) in [6, 6.07) is 16.3. The molecule has 0 spiro atoms. The molecule has 1 atom stereocenters. The van der Waals surface area contributed by atoms with Crippen molar-refractivity contribution in [3.8, 4) is 11.5 Å². The fourth-order valence-electron chi connectivity index (χ4n) is 2.40. The van der Waals surface area contributed by atoms with Gasteiger partial charge in [-0.3, -0.25) is 0 Å². The largest absolute Gasteiger partial charge is 0.490 e. The third kappa shape index (κ3) is 2.94. The Morgan fingerprint density at radius 1 is 0.950 bits per heavy atom. The van der Waals surface area contributed by atoms with Crippen molar-refractivity contribution in [3.63, 3.8) is 0 Å². The Bertz CT molecular complexity index is 568. The van der Waals surface area contributed by atoms with Crippen LogP contribution >= 0.6 is 0 Å². The van der Waals surface area contributed by atoms with E-state index >= 15 is 0 Å². The smallest absolute Gasteiger partial charge is 0.161 e. The highest BCUT2D eigenvalue weighted by Crippen LogP contribution is 2.32. The number of rotatable bonds is 3. The summed E-state index contributed by atoms with van der Waals surface area (Å²) in [5, 5.41) is 0. The lowest BCUT2D eigenvalue weighted by atomic mass is 9.99. The molecule has 104 valence electrons. The van der Waals surface area contributed by atoms with Gasteiger partial charge in [-0.2, -0.15) is 0 Å². The zero-order chi connectivity index (χ0) is 13.8. The number of hydrogen-bond acceptors (Lipinski definition) is 3. The van der Waals surface area contributed by atoms with Crippen LogP contribution in [0.5, 0.6) is 11.5 Å². The van der Waals surface area contributed by atoms with E-state index in [1.54, 1.807) is 0 Å². The van der Waals surface area contributed by atoms with Crippen molar-refractivity contribution in [1.29, 1.82) is 0 Å². The monoisotopic (exact) mass is 269 g/mol. The van der Waals surface area contributed by atoms with Gasteiger partial charge in [0.15, 0.2) is 11.5 Å². The molecule has 1 aliphatic rings. The number of benzene rings is 2. The number of nitrogens with two attached hydrogens (primary N) is 1. The summed E-state index contributed by atoms with van der Waals surface area (Å²) in [5.74, 6) is 1.63. The first-order chi connectivity index (χ1) is 9.83. The van der Waals surface area contributed by atoms with Crippen molar-refractivity contribution in [1.82, 2.24) is 0 Å². The summed E-state index contributed by atoms with van der Waals surface area (Å²) in [4.78, 5) is 0. The lowest BCUT2D eigenvalue weighted by Crippen LogP contribution is -2.13. The van der Waals surface area contributed by atoms with Crippen LogP contribution in [0.25, 0.3) is 0 Å². The average molecular weight is 269 g/mol. The first-order valence-corrected chi connectivity index (χ1v) is 7.02. The summed E-state index contributed by atoms with van der Waals surface area (Å²) in [6.45, 7) is 1.41. The van der Waals surface area contributed by atoms with Gasteiger partial charge in [-0.25, -0.2) is 0 Å². The molecular formula is C17H19NO2. The van der Waals surface area contributed by atoms with Gasteiger partial charge < -0.3 is 15.2 Å². The van der Waals surface area contributed by atoms with Crippen LogP contribution in [0, 0.1) is 0 Å². The summed E-state index contributed by atoms with van der Waals surface area (Å²) >= 11 is 0. The molecule has 3 heteroatoms. The van der Waals surface area contributed by atoms with Crippen molar-refractivity contribution in [2.45, 2.75) is 18.9 Å². The maximum atomic E-state index is 6.30. The summed E-state index contributed by atoms with van der Waals surface area (Å²) in [5.41, 5.74) is 8.63. The van der Waals surface area contributed by atoms with E-state index in [4.69, 9.17) is 15.2 Å². The van der Waals surface area contributed by atoms with Crippen LogP contribution in [0.2, 0.25) is 0 Å². The second kappa shape index (κ2) is 5.97. The highest BCUT2D eigenvalue weighted by atomic mass is 16.5. The topological polar surface area (TPSA) is 44.5 Å². The maximum absolute atomic E-state index is 6.30. The molecule has 1 unspecified atom stereocenters. The van der Waals surface area contributed by atoms with Gasteiger partial charge in [0.05, 0.1) is 13.2 Å². The third-order valence-corrected chi connectivity index (χ3v) is 3.50. The fourth-order valence-corrected chi connectivity index (χ4v) is 2.40. The normalized spacial score (nSPS) is 15.4. The summed E-state index contributed by atoms with van der Waals surface area (Å²) in [6.07, 6.45) is 1.74. The standard InChI is InChI=1S/C17H19NO2/c18-15(11-13-5-2-1-3-6-13)14-7-8-16-17(12-14)20-10-4-9-19-16/h1-3,5-8,12,15H,4,9-11,18H2. The van der Waals surface area contributed by atoms with Crippen molar-refractivity contribution in [2.24, 2.45) is 5.73 Å². The average Bonchev–Trinajstić information content (AvgIpc) is 2.72. The van der Waals surface area contributed by atoms with E-state index in [-0.39, 0.29) is 6.04 Å². The Kier molecular flexibility index (Phi) is 3.88. The minimum atomic E-state index is -0.0328. The van der Waals surface area contributed by atoms with Gasteiger partial charge in [0.25, 0.3) is 0 Å². The molecule has 0 aromatic heterocycles. The maximum Gasteiger partial charge on any atom is 0.161 e. The predicted octanol–water partition coefficient (Wildman–Crippen LogP) is 3.09. The van der Waals surface area contributed by atoms with E-state index in [1.165, 1.54) is 5.56 Å². The predicted molar refractivity (Wildman–Crippen MR) is 79.1 cm³/mol. The van der Waals surface area contributed by atoms with Gasteiger partial charge in [0.1, 0.15) is 0 Å². The van der Waals surface area contributed by atoms with Crippen LogP contribution in [-0.4, -0.2) is 13.2 Å². The van der Waals surface area contributed by atoms with E-state index in [0.29, 0.717) is 13.2 Å². The van der Waals surface area contributed by atoms with Gasteiger partial charge in [0, 0.05) is 12.5 Å². The van der Waals surface area contributed by atoms with E-state index in [2.05, 4.69) is 12.1 Å². The SMILES string of the molecule is NC(Cc1ccccc1)c1ccc2c(c1)OCCCO2. The minimum absolute atomic E-state index is 0.0328. The molecule has 2 aromatic rings. The highest BCUT2D eigenvalue weighted by molar-refractivity contribution is 5.44. The van der Waals surface area contributed by atoms with Crippen molar-refractivity contribution < 1.29 is 9.47 Å². The molecular weight excluding hydrogens is 250 g/mol. The lowest BCUT2D eigenvalue weighted by Gasteiger charge is -2.15. The molecule has 3 nitrogen and oxygen atoms in total. The molecule has 3 rings (SSSR count). The van der Waals surface area contributed by atoms with Crippen LogP contribution < -0.4 is 15.2 Å². The Morgan fingerprint density at radius 3 is 2.50 bits per heavy atom. The van der Waals surface area contributed by atoms with Gasteiger partial charge in [-0.05, 0) is 29.7 Å². The van der Waals surface area contributed by atoms with E-state index in [1.807, 2.05) is 36.4 Å². The molecule has 0 aliphatic carbocycles. The van der Waals surface area contributed by atoms with Gasteiger partial charge >= 0.3 is 0 Å². The first kappa shape index (κ1) is 13.0. The van der Waals surface area contributed by atoms with E-state index < -0.39 is 0 Å². The van der Waals surface area contributed by atoms with E-state index in [0.717, 1.165) is 29.9 Å². The molecule has 0 amide bonds. The van der Waals surface area contributed by atoms with Crippen molar-refractivity contribution >= 4 is 0 Å². The zero-order valence-corrected chi connectivity index (χ0v) is 11.4. The molecule has 0 saturated heterocycles. The molecule has 2 N–H and O–H groups in total. The molecule has 2 aromatic carbocycles. The van der Waals surface area contributed by atoms with Gasteiger partial charge in [-0.1, -0.05) is 36.4 Å². The molecule has 1 heterocycles.